The number of hydrogen-bond donors (Lipinski definition) is 1. The Bertz CT molecular complexity index is 657. The van der Waals surface area contributed by atoms with Crippen LogP contribution in [0.4, 0.5) is 0 Å². The molecule has 2 aromatic rings. The van der Waals surface area contributed by atoms with Crippen LogP contribution in [0.15, 0.2) is 18.2 Å². The van der Waals surface area contributed by atoms with Crippen LogP contribution in [0.3, 0.4) is 0 Å². The van der Waals surface area contributed by atoms with Crippen molar-refractivity contribution in [1.29, 1.82) is 0 Å². The molecule has 1 atom stereocenters. The zero-order valence-corrected chi connectivity index (χ0v) is 13.4. The SMILES string of the molecule is Cc1ccc(Cl)c(OCC(O)Cn2nnc3c2CCCC3)c1. The summed E-state index contributed by atoms with van der Waals surface area (Å²) in [5, 5.41) is 19.1. The maximum atomic E-state index is 10.2. The maximum Gasteiger partial charge on any atom is 0.138 e. The second-order valence-electron chi connectivity index (χ2n) is 5.77. The second-order valence-corrected chi connectivity index (χ2v) is 6.18. The zero-order valence-electron chi connectivity index (χ0n) is 12.6. The van der Waals surface area contributed by atoms with Crippen LogP contribution in [-0.2, 0) is 19.4 Å². The molecule has 0 spiro atoms. The minimum absolute atomic E-state index is 0.178. The molecule has 1 aliphatic rings. The van der Waals surface area contributed by atoms with E-state index in [1.807, 2.05) is 19.1 Å². The maximum absolute atomic E-state index is 10.2. The number of benzene rings is 1. The van der Waals surface area contributed by atoms with Gasteiger partial charge in [-0.2, -0.15) is 0 Å². The largest absolute Gasteiger partial charge is 0.489 e. The molecule has 1 aliphatic carbocycles. The number of halogens is 1. The van der Waals surface area contributed by atoms with Crippen LogP contribution in [0.2, 0.25) is 5.02 Å². The first kappa shape index (κ1) is 15.3. The average molecular weight is 322 g/mol. The Balaban J connectivity index is 1.60. The van der Waals surface area contributed by atoms with Gasteiger partial charge in [-0.25, -0.2) is 4.68 Å². The van der Waals surface area contributed by atoms with Gasteiger partial charge in [-0.3, -0.25) is 0 Å². The van der Waals surface area contributed by atoms with Crippen molar-refractivity contribution in [2.45, 2.75) is 45.3 Å². The summed E-state index contributed by atoms with van der Waals surface area (Å²) in [5.74, 6) is 0.598. The lowest BCUT2D eigenvalue weighted by Gasteiger charge is -2.16. The van der Waals surface area contributed by atoms with E-state index in [2.05, 4.69) is 10.3 Å². The summed E-state index contributed by atoms with van der Waals surface area (Å²) in [4.78, 5) is 0. The van der Waals surface area contributed by atoms with E-state index >= 15 is 0 Å². The Morgan fingerprint density at radius 3 is 3.05 bits per heavy atom. The minimum Gasteiger partial charge on any atom is -0.489 e. The third-order valence-corrected chi connectivity index (χ3v) is 4.21. The van der Waals surface area contributed by atoms with Crippen LogP contribution in [0, 0.1) is 6.92 Å². The van der Waals surface area contributed by atoms with E-state index in [0.717, 1.165) is 36.2 Å². The Morgan fingerprint density at radius 2 is 2.18 bits per heavy atom. The van der Waals surface area contributed by atoms with E-state index < -0.39 is 6.10 Å². The van der Waals surface area contributed by atoms with Crippen molar-refractivity contribution >= 4 is 11.6 Å². The van der Waals surface area contributed by atoms with Crippen LogP contribution in [0.5, 0.6) is 5.75 Å². The van der Waals surface area contributed by atoms with Gasteiger partial charge in [0.15, 0.2) is 0 Å². The predicted octanol–water partition coefficient (Wildman–Crippen LogP) is 2.56. The summed E-state index contributed by atoms with van der Waals surface area (Å²) in [6.45, 7) is 2.55. The number of aryl methyl sites for hydroxylation is 2. The monoisotopic (exact) mass is 321 g/mol. The molecule has 118 valence electrons. The van der Waals surface area contributed by atoms with Gasteiger partial charge in [-0.1, -0.05) is 22.9 Å². The van der Waals surface area contributed by atoms with Crippen molar-refractivity contribution in [3.05, 3.63) is 40.2 Å². The van der Waals surface area contributed by atoms with E-state index in [1.165, 1.54) is 6.42 Å². The van der Waals surface area contributed by atoms with Gasteiger partial charge in [0.25, 0.3) is 0 Å². The first-order chi connectivity index (χ1) is 10.6. The van der Waals surface area contributed by atoms with Crippen LogP contribution >= 0.6 is 11.6 Å². The van der Waals surface area contributed by atoms with Crippen LogP contribution in [0.1, 0.15) is 29.8 Å². The number of aromatic nitrogens is 3. The smallest absolute Gasteiger partial charge is 0.138 e. The molecule has 1 unspecified atom stereocenters. The summed E-state index contributed by atoms with van der Waals surface area (Å²) in [6, 6.07) is 5.59. The molecule has 1 aromatic heterocycles. The zero-order chi connectivity index (χ0) is 15.5. The lowest BCUT2D eigenvalue weighted by molar-refractivity contribution is 0.0879. The van der Waals surface area contributed by atoms with E-state index in [1.54, 1.807) is 10.7 Å². The molecule has 1 N–H and O–H groups in total. The normalized spacial score (nSPS) is 15.4. The molecule has 3 rings (SSSR count). The van der Waals surface area contributed by atoms with Gasteiger partial charge in [0, 0.05) is 0 Å². The minimum atomic E-state index is -0.649. The fraction of sp³-hybridized carbons (Fsp3) is 0.500. The highest BCUT2D eigenvalue weighted by atomic mass is 35.5. The Labute approximate surface area is 134 Å². The number of aliphatic hydroxyl groups is 1. The molecular formula is C16H20ClN3O2. The summed E-state index contributed by atoms with van der Waals surface area (Å²) >= 11 is 6.08. The lowest BCUT2D eigenvalue weighted by Crippen LogP contribution is -2.25. The second kappa shape index (κ2) is 6.67. The highest BCUT2D eigenvalue weighted by Gasteiger charge is 2.18. The summed E-state index contributed by atoms with van der Waals surface area (Å²) in [5.41, 5.74) is 3.29. The quantitative estimate of drug-likeness (QED) is 0.919. The third kappa shape index (κ3) is 3.42. The number of ether oxygens (including phenoxy) is 1. The Hall–Kier alpha value is -1.59. The molecule has 22 heavy (non-hydrogen) atoms. The standard InChI is InChI=1S/C16H20ClN3O2/c1-11-6-7-13(17)16(8-11)22-10-12(21)9-20-15-5-3-2-4-14(15)18-19-20/h6-8,12,21H,2-5,9-10H2,1H3. The van der Waals surface area contributed by atoms with Gasteiger partial charge in [0.1, 0.15) is 18.5 Å². The fourth-order valence-corrected chi connectivity index (χ4v) is 2.90. The molecule has 6 heteroatoms. The van der Waals surface area contributed by atoms with Gasteiger partial charge < -0.3 is 9.84 Å². The van der Waals surface area contributed by atoms with Gasteiger partial charge in [-0.05, 0) is 50.3 Å². The lowest BCUT2D eigenvalue weighted by atomic mass is 10.0. The molecule has 1 heterocycles. The third-order valence-electron chi connectivity index (χ3n) is 3.90. The van der Waals surface area contributed by atoms with Crippen molar-refractivity contribution in [2.24, 2.45) is 0 Å². The molecule has 0 amide bonds. The Morgan fingerprint density at radius 1 is 1.36 bits per heavy atom. The van der Waals surface area contributed by atoms with Crippen LogP contribution in [0.25, 0.3) is 0 Å². The van der Waals surface area contributed by atoms with E-state index in [4.69, 9.17) is 16.3 Å². The van der Waals surface area contributed by atoms with Crippen molar-refractivity contribution in [3.8, 4) is 5.75 Å². The van der Waals surface area contributed by atoms with E-state index in [-0.39, 0.29) is 6.61 Å². The first-order valence-electron chi connectivity index (χ1n) is 7.62. The Kier molecular flexibility index (Phi) is 4.64. The topological polar surface area (TPSA) is 60.2 Å². The van der Waals surface area contributed by atoms with Crippen molar-refractivity contribution in [3.63, 3.8) is 0 Å². The molecule has 1 aromatic carbocycles. The molecular weight excluding hydrogens is 302 g/mol. The molecule has 0 fully saturated rings. The highest BCUT2D eigenvalue weighted by Crippen LogP contribution is 2.25. The first-order valence-corrected chi connectivity index (χ1v) is 7.99. The number of rotatable bonds is 5. The molecule has 0 aliphatic heterocycles. The molecule has 0 saturated heterocycles. The summed E-state index contributed by atoms with van der Waals surface area (Å²) < 4.78 is 7.43. The highest BCUT2D eigenvalue weighted by molar-refractivity contribution is 6.32. The molecule has 5 nitrogen and oxygen atoms in total. The molecule has 0 bridgehead atoms. The summed E-state index contributed by atoms with van der Waals surface area (Å²) in [7, 11) is 0. The fourth-order valence-electron chi connectivity index (χ4n) is 2.73. The van der Waals surface area contributed by atoms with Crippen molar-refractivity contribution in [1.82, 2.24) is 15.0 Å². The number of fused-ring (bicyclic) bond motifs is 1. The van der Waals surface area contributed by atoms with Gasteiger partial charge in [0.2, 0.25) is 0 Å². The van der Waals surface area contributed by atoms with Gasteiger partial charge >= 0.3 is 0 Å². The molecule has 0 saturated carbocycles. The van der Waals surface area contributed by atoms with E-state index in [0.29, 0.717) is 17.3 Å². The summed E-state index contributed by atoms with van der Waals surface area (Å²) in [6.07, 6.45) is 3.65. The van der Waals surface area contributed by atoms with Crippen LogP contribution in [-0.4, -0.2) is 32.8 Å². The number of nitrogens with zero attached hydrogens (tertiary/aromatic N) is 3. The van der Waals surface area contributed by atoms with Crippen molar-refractivity contribution in [2.75, 3.05) is 6.61 Å². The van der Waals surface area contributed by atoms with E-state index in [9.17, 15) is 5.11 Å². The van der Waals surface area contributed by atoms with Crippen molar-refractivity contribution < 1.29 is 9.84 Å². The predicted molar refractivity (Wildman–Crippen MR) is 84.4 cm³/mol. The van der Waals surface area contributed by atoms with Gasteiger partial charge in [0.05, 0.1) is 23.0 Å². The number of aliphatic hydroxyl groups excluding tert-OH is 1. The van der Waals surface area contributed by atoms with Crippen LogP contribution < -0.4 is 4.74 Å². The average Bonchev–Trinajstić information content (AvgIpc) is 2.91. The molecule has 0 radical (unpaired) electrons. The van der Waals surface area contributed by atoms with Gasteiger partial charge in [-0.15, -0.1) is 5.10 Å². The number of hydrogen-bond acceptors (Lipinski definition) is 4.